The molecule has 1 unspecified atom stereocenters. The minimum Gasteiger partial charge on any atom is -0.356 e. The van der Waals surface area contributed by atoms with Crippen molar-refractivity contribution in [3.63, 3.8) is 0 Å². The van der Waals surface area contributed by atoms with E-state index in [1.54, 1.807) is 0 Å². The average molecular weight is 228 g/mol. The Balaban J connectivity index is 3.15. The highest BCUT2D eigenvalue weighted by Gasteiger charge is 2.02. The molecule has 96 valence electrons. The van der Waals surface area contributed by atoms with Gasteiger partial charge in [0.25, 0.3) is 0 Å². The van der Waals surface area contributed by atoms with Crippen LogP contribution in [0.25, 0.3) is 0 Å². The molecule has 1 amide bonds. The van der Waals surface area contributed by atoms with Crippen LogP contribution in [0.2, 0.25) is 0 Å². The Morgan fingerprint density at radius 3 is 2.44 bits per heavy atom. The number of nitrogens with two attached hydrogens (primary N) is 1. The van der Waals surface area contributed by atoms with Crippen molar-refractivity contribution in [3.8, 4) is 0 Å². The molecule has 3 nitrogen and oxygen atoms in total. The van der Waals surface area contributed by atoms with Crippen LogP contribution < -0.4 is 11.1 Å². The van der Waals surface area contributed by atoms with Crippen LogP contribution in [0.5, 0.6) is 0 Å². The van der Waals surface area contributed by atoms with E-state index in [0.717, 1.165) is 19.4 Å². The number of nitrogens with one attached hydrogen (secondary N) is 1. The predicted molar refractivity (Wildman–Crippen MR) is 69.3 cm³/mol. The third-order valence-electron chi connectivity index (χ3n) is 2.68. The molecule has 0 spiro atoms. The standard InChI is InChI=1S/C13H28N2O/c1-3-4-5-6-7-8-11-15-13(16)10-9-12(2)14/h12H,3-11,14H2,1-2H3,(H,15,16). The fraction of sp³-hybridized carbons (Fsp3) is 0.923. The summed E-state index contributed by atoms with van der Waals surface area (Å²) in [5, 5.41) is 2.93. The number of hydrogen-bond acceptors (Lipinski definition) is 2. The van der Waals surface area contributed by atoms with Gasteiger partial charge in [-0.2, -0.15) is 0 Å². The zero-order valence-electron chi connectivity index (χ0n) is 10.9. The molecule has 0 saturated carbocycles. The first kappa shape index (κ1) is 15.4. The van der Waals surface area contributed by atoms with Gasteiger partial charge in [-0.25, -0.2) is 0 Å². The number of amides is 1. The molecule has 0 aliphatic rings. The van der Waals surface area contributed by atoms with Crippen molar-refractivity contribution in [3.05, 3.63) is 0 Å². The van der Waals surface area contributed by atoms with Crippen LogP contribution in [0, 0.1) is 0 Å². The maximum Gasteiger partial charge on any atom is 0.220 e. The topological polar surface area (TPSA) is 55.1 Å². The lowest BCUT2D eigenvalue weighted by Gasteiger charge is -2.06. The lowest BCUT2D eigenvalue weighted by Crippen LogP contribution is -2.26. The number of rotatable bonds is 10. The van der Waals surface area contributed by atoms with E-state index < -0.39 is 0 Å². The maximum atomic E-state index is 11.3. The minimum absolute atomic E-state index is 0.125. The van der Waals surface area contributed by atoms with Gasteiger partial charge >= 0.3 is 0 Å². The number of carbonyl (C=O) groups is 1. The fourth-order valence-electron chi connectivity index (χ4n) is 1.58. The third kappa shape index (κ3) is 11.5. The molecule has 0 heterocycles. The molecule has 0 aromatic rings. The lowest BCUT2D eigenvalue weighted by molar-refractivity contribution is -0.121. The quantitative estimate of drug-likeness (QED) is 0.565. The maximum absolute atomic E-state index is 11.3. The highest BCUT2D eigenvalue weighted by molar-refractivity contribution is 5.75. The summed E-state index contributed by atoms with van der Waals surface area (Å²) in [5.41, 5.74) is 5.58. The summed E-state index contributed by atoms with van der Waals surface area (Å²) in [6, 6.07) is 0.125. The van der Waals surface area contributed by atoms with Crippen LogP contribution >= 0.6 is 0 Å². The van der Waals surface area contributed by atoms with E-state index in [1.165, 1.54) is 32.1 Å². The Bertz CT molecular complexity index is 169. The van der Waals surface area contributed by atoms with Gasteiger partial charge in [0.1, 0.15) is 0 Å². The van der Waals surface area contributed by atoms with Gasteiger partial charge in [0.15, 0.2) is 0 Å². The Labute approximate surface area is 100 Å². The number of hydrogen-bond donors (Lipinski definition) is 2. The largest absolute Gasteiger partial charge is 0.356 e. The van der Waals surface area contributed by atoms with Crippen molar-refractivity contribution >= 4 is 5.91 Å². The van der Waals surface area contributed by atoms with E-state index in [2.05, 4.69) is 12.2 Å². The Kier molecular flexibility index (Phi) is 10.5. The minimum atomic E-state index is 0.125. The first-order valence-electron chi connectivity index (χ1n) is 6.69. The van der Waals surface area contributed by atoms with Gasteiger partial charge in [0.05, 0.1) is 0 Å². The molecule has 3 N–H and O–H groups in total. The first-order chi connectivity index (χ1) is 7.66. The molecule has 0 aliphatic heterocycles. The SMILES string of the molecule is CCCCCCCCNC(=O)CCC(C)N. The van der Waals surface area contributed by atoms with E-state index in [9.17, 15) is 4.79 Å². The summed E-state index contributed by atoms with van der Waals surface area (Å²) in [6.45, 7) is 4.98. The van der Waals surface area contributed by atoms with E-state index in [1.807, 2.05) is 6.92 Å². The van der Waals surface area contributed by atoms with Crippen LogP contribution in [0.15, 0.2) is 0 Å². The smallest absolute Gasteiger partial charge is 0.220 e. The molecule has 0 bridgehead atoms. The molecule has 0 fully saturated rings. The molecule has 0 rings (SSSR count). The van der Waals surface area contributed by atoms with Gasteiger partial charge < -0.3 is 11.1 Å². The number of unbranched alkanes of at least 4 members (excludes halogenated alkanes) is 5. The molecule has 0 saturated heterocycles. The second-order valence-electron chi connectivity index (χ2n) is 4.63. The zero-order valence-corrected chi connectivity index (χ0v) is 10.9. The molecule has 1 atom stereocenters. The first-order valence-corrected chi connectivity index (χ1v) is 6.69. The second kappa shape index (κ2) is 10.9. The van der Waals surface area contributed by atoms with Gasteiger partial charge in [-0.15, -0.1) is 0 Å². The fourth-order valence-corrected chi connectivity index (χ4v) is 1.58. The Hall–Kier alpha value is -0.570. The van der Waals surface area contributed by atoms with Gasteiger partial charge in [0.2, 0.25) is 5.91 Å². The van der Waals surface area contributed by atoms with Gasteiger partial charge in [-0.3, -0.25) is 4.79 Å². The van der Waals surface area contributed by atoms with Crippen molar-refractivity contribution in [1.82, 2.24) is 5.32 Å². The van der Waals surface area contributed by atoms with Gasteiger partial charge in [0, 0.05) is 19.0 Å². The Morgan fingerprint density at radius 1 is 1.19 bits per heavy atom. The number of carbonyl (C=O) groups excluding carboxylic acids is 1. The van der Waals surface area contributed by atoms with E-state index in [4.69, 9.17) is 5.73 Å². The summed E-state index contributed by atoms with van der Waals surface area (Å²) in [4.78, 5) is 11.3. The highest BCUT2D eigenvalue weighted by atomic mass is 16.1. The zero-order chi connectivity index (χ0) is 12.2. The van der Waals surface area contributed by atoms with Crippen LogP contribution in [0.1, 0.15) is 65.2 Å². The Morgan fingerprint density at radius 2 is 1.81 bits per heavy atom. The molecule has 16 heavy (non-hydrogen) atoms. The van der Waals surface area contributed by atoms with Crippen LogP contribution in [0.3, 0.4) is 0 Å². The molecular formula is C13H28N2O. The van der Waals surface area contributed by atoms with Crippen molar-refractivity contribution in [2.75, 3.05) is 6.54 Å². The van der Waals surface area contributed by atoms with Crippen molar-refractivity contribution in [2.45, 2.75) is 71.3 Å². The predicted octanol–water partition coefficient (Wildman–Crippen LogP) is 2.59. The van der Waals surface area contributed by atoms with Gasteiger partial charge in [-0.05, 0) is 19.8 Å². The summed E-state index contributed by atoms with van der Waals surface area (Å²) in [5.74, 6) is 0.144. The van der Waals surface area contributed by atoms with Crippen LogP contribution in [-0.2, 0) is 4.79 Å². The molecule has 0 aromatic heterocycles. The molecule has 0 aromatic carbocycles. The molecule has 3 heteroatoms. The molecule has 0 radical (unpaired) electrons. The summed E-state index contributed by atoms with van der Waals surface area (Å²) < 4.78 is 0. The van der Waals surface area contributed by atoms with Crippen LogP contribution in [0.4, 0.5) is 0 Å². The van der Waals surface area contributed by atoms with Crippen LogP contribution in [-0.4, -0.2) is 18.5 Å². The second-order valence-corrected chi connectivity index (χ2v) is 4.63. The van der Waals surface area contributed by atoms with E-state index in [-0.39, 0.29) is 11.9 Å². The molecule has 0 aliphatic carbocycles. The highest BCUT2D eigenvalue weighted by Crippen LogP contribution is 2.04. The van der Waals surface area contributed by atoms with Crippen molar-refractivity contribution < 1.29 is 4.79 Å². The summed E-state index contributed by atoms with van der Waals surface area (Å²) >= 11 is 0. The average Bonchev–Trinajstić information content (AvgIpc) is 2.25. The molecular weight excluding hydrogens is 200 g/mol. The third-order valence-corrected chi connectivity index (χ3v) is 2.68. The van der Waals surface area contributed by atoms with Crippen molar-refractivity contribution in [2.24, 2.45) is 5.73 Å². The normalized spacial score (nSPS) is 12.4. The van der Waals surface area contributed by atoms with E-state index >= 15 is 0 Å². The lowest BCUT2D eigenvalue weighted by atomic mass is 10.1. The van der Waals surface area contributed by atoms with E-state index in [0.29, 0.717) is 6.42 Å². The summed E-state index contributed by atoms with van der Waals surface area (Å²) in [6.07, 6.45) is 8.92. The van der Waals surface area contributed by atoms with Crippen molar-refractivity contribution in [1.29, 1.82) is 0 Å². The summed E-state index contributed by atoms with van der Waals surface area (Å²) in [7, 11) is 0. The van der Waals surface area contributed by atoms with Gasteiger partial charge in [-0.1, -0.05) is 39.0 Å². The monoisotopic (exact) mass is 228 g/mol.